The van der Waals surface area contributed by atoms with Crippen molar-refractivity contribution in [2.75, 3.05) is 36.8 Å². The summed E-state index contributed by atoms with van der Waals surface area (Å²) in [5, 5.41) is 0.364. The maximum atomic E-state index is 14.5. The molecule has 0 saturated carbocycles. The van der Waals surface area contributed by atoms with E-state index in [-0.39, 0.29) is 0 Å². The molecule has 0 aromatic heterocycles. The van der Waals surface area contributed by atoms with Crippen molar-refractivity contribution >= 4 is 29.1 Å². The van der Waals surface area contributed by atoms with Crippen molar-refractivity contribution in [2.24, 2.45) is 0 Å². The van der Waals surface area contributed by atoms with Gasteiger partial charge in [-0.15, -0.1) is 11.8 Å². The molecule has 1 aliphatic heterocycles. The Morgan fingerprint density at radius 3 is 2.34 bits per heavy atom. The zero-order valence-electron chi connectivity index (χ0n) is 15.7. The van der Waals surface area contributed by atoms with E-state index in [1.165, 1.54) is 24.3 Å². The van der Waals surface area contributed by atoms with Gasteiger partial charge in [-0.2, -0.15) is 13.2 Å². The molecule has 29 heavy (non-hydrogen) atoms. The van der Waals surface area contributed by atoms with E-state index >= 15 is 0 Å². The van der Waals surface area contributed by atoms with Crippen molar-refractivity contribution < 1.29 is 22.0 Å². The number of halogens is 6. The normalized spacial score (nSPS) is 15.8. The van der Waals surface area contributed by atoms with Crippen molar-refractivity contribution in [1.29, 1.82) is 0 Å². The van der Waals surface area contributed by atoms with Gasteiger partial charge in [-0.1, -0.05) is 17.7 Å². The molecule has 0 amide bonds. The number of hydrogen-bond donors (Lipinski definition) is 0. The molecular weight excluding hydrogens is 431 g/mol. The fourth-order valence-electron chi connectivity index (χ4n) is 3.24. The number of anilines is 1. The van der Waals surface area contributed by atoms with Crippen LogP contribution in [-0.2, 0) is 6.54 Å². The van der Waals surface area contributed by atoms with Gasteiger partial charge < -0.3 is 4.90 Å². The zero-order valence-corrected chi connectivity index (χ0v) is 17.3. The van der Waals surface area contributed by atoms with E-state index in [4.69, 9.17) is 11.6 Å². The number of aryl methyl sites for hydroxylation is 1. The Balaban J connectivity index is 1.65. The minimum Gasteiger partial charge on any atom is -0.367 e. The Kier molecular flexibility index (Phi) is 6.96. The molecule has 1 fully saturated rings. The minimum atomic E-state index is -4.28. The number of rotatable bonds is 5. The van der Waals surface area contributed by atoms with E-state index in [2.05, 4.69) is 4.90 Å². The first kappa shape index (κ1) is 22.2. The second-order valence-corrected chi connectivity index (χ2v) is 8.40. The van der Waals surface area contributed by atoms with Gasteiger partial charge in [-0.3, -0.25) is 4.90 Å². The van der Waals surface area contributed by atoms with E-state index in [1.54, 1.807) is 13.0 Å². The smallest absolute Gasteiger partial charge is 0.367 e. The van der Waals surface area contributed by atoms with Crippen molar-refractivity contribution in [3.05, 3.63) is 58.1 Å². The third kappa shape index (κ3) is 5.99. The van der Waals surface area contributed by atoms with Crippen LogP contribution in [0.2, 0.25) is 5.02 Å². The summed E-state index contributed by atoms with van der Waals surface area (Å²) >= 11 is 6.75. The summed E-state index contributed by atoms with van der Waals surface area (Å²) in [6.45, 7) is 4.48. The molecule has 0 bridgehead atoms. The number of thioether (sulfide) groups is 1. The van der Waals surface area contributed by atoms with Gasteiger partial charge in [-0.25, -0.2) is 8.78 Å². The molecule has 0 aliphatic carbocycles. The monoisotopic (exact) mass is 450 g/mol. The Bertz CT molecular complexity index is 867. The Morgan fingerprint density at radius 2 is 1.72 bits per heavy atom. The summed E-state index contributed by atoms with van der Waals surface area (Å²) in [4.78, 5) is 4.40. The lowest BCUT2D eigenvalue weighted by atomic mass is 10.1. The first-order valence-corrected chi connectivity index (χ1v) is 10.4. The van der Waals surface area contributed by atoms with Gasteiger partial charge in [-0.05, 0) is 42.3 Å². The molecule has 1 aliphatic rings. The lowest BCUT2D eigenvalue weighted by Crippen LogP contribution is -2.46. The largest absolute Gasteiger partial charge is 0.398 e. The third-order valence-corrected chi connectivity index (χ3v) is 6.33. The molecule has 158 valence electrons. The number of hydrogen-bond acceptors (Lipinski definition) is 3. The first-order valence-electron chi connectivity index (χ1n) is 9.03. The molecule has 3 rings (SSSR count). The lowest BCUT2D eigenvalue weighted by molar-refractivity contribution is -0.105. The number of benzene rings is 2. The molecule has 2 nitrogen and oxygen atoms in total. The van der Waals surface area contributed by atoms with Crippen molar-refractivity contribution in [2.45, 2.75) is 24.5 Å². The van der Waals surface area contributed by atoms with E-state index in [0.717, 1.165) is 5.56 Å². The molecule has 0 spiro atoms. The molecule has 9 heteroatoms. The highest BCUT2D eigenvalue weighted by atomic mass is 35.5. The molecule has 0 radical (unpaired) electrons. The highest BCUT2D eigenvalue weighted by Crippen LogP contribution is 2.34. The van der Waals surface area contributed by atoms with E-state index in [0.29, 0.717) is 65.7 Å². The predicted octanol–water partition coefficient (Wildman–Crippen LogP) is 5.90. The van der Waals surface area contributed by atoms with Gasteiger partial charge in [0.25, 0.3) is 0 Å². The standard InChI is InChI=1S/C20H20ClF5N2S/c1-13-8-17(23)18(10-19(13)29-12-20(24,25)26)28-6-4-27(5-7-28)11-14-2-3-15(22)9-16(14)21/h2-3,8-10H,4-7,11-12H2,1H3. The highest BCUT2D eigenvalue weighted by molar-refractivity contribution is 7.99. The van der Waals surface area contributed by atoms with Gasteiger partial charge >= 0.3 is 6.18 Å². The third-order valence-electron chi connectivity index (χ3n) is 4.76. The number of nitrogens with zero attached hydrogens (tertiary/aromatic N) is 2. The Morgan fingerprint density at radius 1 is 1.03 bits per heavy atom. The molecule has 0 N–H and O–H groups in total. The maximum Gasteiger partial charge on any atom is 0.398 e. The molecule has 0 atom stereocenters. The van der Waals surface area contributed by atoms with Crippen LogP contribution in [-0.4, -0.2) is 43.0 Å². The van der Waals surface area contributed by atoms with Gasteiger partial charge in [0.05, 0.1) is 11.4 Å². The van der Waals surface area contributed by atoms with Gasteiger partial charge in [0.2, 0.25) is 0 Å². The summed E-state index contributed by atoms with van der Waals surface area (Å²) in [6.07, 6.45) is -4.28. The van der Waals surface area contributed by atoms with Gasteiger partial charge in [0.1, 0.15) is 11.6 Å². The second kappa shape index (κ2) is 9.10. The average molecular weight is 451 g/mol. The summed E-state index contributed by atoms with van der Waals surface area (Å²) in [5.41, 5.74) is 1.62. The Labute approximate surface area is 175 Å². The van der Waals surface area contributed by atoms with Crippen LogP contribution in [0, 0.1) is 18.6 Å². The maximum absolute atomic E-state index is 14.5. The van der Waals surface area contributed by atoms with E-state index < -0.39 is 23.6 Å². The van der Waals surface area contributed by atoms with Crippen LogP contribution in [0.3, 0.4) is 0 Å². The van der Waals surface area contributed by atoms with Crippen LogP contribution < -0.4 is 4.90 Å². The van der Waals surface area contributed by atoms with E-state index in [1.807, 2.05) is 4.90 Å². The summed E-state index contributed by atoms with van der Waals surface area (Å²) in [5.74, 6) is -1.84. The zero-order chi connectivity index (χ0) is 21.2. The summed E-state index contributed by atoms with van der Waals surface area (Å²) in [7, 11) is 0. The first-order chi connectivity index (χ1) is 13.6. The fourth-order valence-corrected chi connectivity index (χ4v) is 4.26. The van der Waals surface area contributed by atoms with Crippen molar-refractivity contribution in [1.82, 2.24) is 4.90 Å². The highest BCUT2D eigenvalue weighted by Gasteiger charge is 2.28. The number of alkyl halides is 3. The second-order valence-electron chi connectivity index (χ2n) is 6.97. The quantitative estimate of drug-likeness (QED) is 0.413. The van der Waals surface area contributed by atoms with Gasteiger partial charge in [0, 0.05) is 42.6 Å². The van der Waals surface area contributed by atoms with Crippen molar-refractivity contribution in [3.63, 3.8) is 0 Å². The molecular formula is C20H20ClF5N2S. The van der Waals surface area contributed by atoms with Crippen LogP contribution in [0.5, 0.6) is 0 Å². The lowest BCUT2D eigenvalue weighted by Gasteiger charge is -2.36. The predicted molar refractivity (Wildman–Crippen MR) is 107 cm³/mol. The van der Waals surface area contributed by atoms with Crippen LogP contribution in [0.25, 0.3) is 0 Å². The van der Waals surface area contributed by atoms with Crippen LogP contribution >= 0.6 is 23.4 Å². The molecule has 2 aromatic carbocycles. The fraction of sp³-hybridized carbons (Fsp3) is 0.400. The molecule has 1 saturated heterocycles. The Hall–Kier alpha value is -1.51. The van der Waals surface area contributed by atoms with Crippen molar-refractivity contribution in [3.8, 4) is 0 Å². The van der Waals surface area contributed by atoms with E-state index in [9.17, 15) is 22.0 Å². The molecule has 1 heterocycles. The van der Waals surface area contributed by atoms with Gasteiger partial charge in [0.15, 0.2) is 0 Å². The van der Waals surface area contributed by atoms with Crippen LogP contribution in [0.1, 0.15) is 11.1 Å². The number of piperazine rings is 1. The SMILES string of the molecule is Cc1cc(F)c(N2CCN(Cc3ccc(F)cc3Cl)CC2)cc1SCC(F)(F)F. The topological polar surface area (TPSA) is 6.48 Å². The molecule has 2 aromatic rings. The van der Waals surface area contributed by atoms with Crippen LogP contribution in [0.4, 0.5) is 27.6 Å². The summed E-state index contributed by atoms with van der Waals surface area (Å²) < 4.78 is 65.3. The van der Waals surface area contributed by atoms with Crippen LogP contribution in [0.15, 0.2) is 35.2 Å². The summed E-state index contributed by atoms with van der Waals surface area (Å²) in [6, 6.07) is 7.08. The average Bonchev–Trinajstić information content (AvgIpc) is 2.63. The molecule has 0 unspecified atom stereocenters. The minimum absolute atomic E-state index is 0.319.